The molecule has 0 saturated heterocycles. The lowest BCUT2D eigenvalue weighted by molar-refractivity contribution is -0.124. The maximum absolute atomic E-state index is 11.3. The lowest BCUT2D eigenvalue weighted by Gasteiger charge is -2.31. The Morgan fingerprint density at radius 3 is 3.18 bits per heavy atom. The molecule has 2 rings (SSSR count). The minimum Gasteiger partial charge on any atom is -0.299 e. The fraction of sp³-hybridized carbons (Fsp3) is 0.700. The van der Waals surface area contributed by atoms with Crippen molar-refractivity contribution in [1.82, 2.24) is 0 Å². The van der Waals surface area contributed by atoms with Gasteiger partial charge in [0.15, 0.2) is 0 Å². The molecule has 2 aliphatic carbocycles. The molecule has 0 N–H and O–H groups in total. The van der Waals surface area contributed by atoms with Crippen molar-refractivity contribution in [2.24, 2.45) is 11.8 Å². The van der Waals surface area contributed by atoms with E-state index in [1.54, 1.807) is 0 Å². The van der Waals surface area contributed by atoms with Gasteiger partial charge in [0.25, 0.3) is 0 Å². The molecule has 0 aliphatic heterocycles. The SMILES string of the molecule is CC1=CC2CC(CCC2=O)C1. The van der Waals surface area contributed by atoms with Crippen molar-refractivity contribution in [2.45, 2.75) is 32.6 Å². The Bertz CT molecular complexity index is 215. The Morgan fingerprint density at radius 2 is 2.36 bits per heavy atom. The van der Waals surface area contributed by atoms with Crippen molar-refractivity contribution in [3.05, 3.63) is 11.6 Å². The maximum Gasteiger partial charge on any atom is 0.139 e. The maximum atomic E-state index is 11.3. The largest absolute Gasteiger partial charge is 0.299 e. The first-order valence-electron chi connectivity index (χ1n) is 4.45. The molecule has 0 spiro atoms. The van der Waals surface area contributed by atoms with E-state index in [2.05, 4.69) is 13.0 Å². The van der Waals surface area contributed by atoms with E-state index in [0.717, 1.165) is 25.2 Å². The molecule has 1 heteroatoms. The van der Waals surface area contributed by atoms with Crippen LogP contribution in [0.5, 0.6) is 0 Å². The predicted molar refractivity (Wildman–Crippen MR) is 44.2 cm³/mol. The van der Waals surface area contributed by atoms with Crippen molar-refractivity contribution in [1.29, 1.82) is 0 Å². The van der Waals surface area contributed by atoms with Crippen LogP contribution in [0.3, 0.4) is 0 Å². The molecular formula is C10H14O. The highest BCUT2D eigenvalue weighted by Gasteiger charge is 2.30. The van der Waals surface area contributed by atoms with E-state index in [9.17, 15) is 4.79 Å². The molecule has 1 saturated carbocycles. The van der Waals surface area contributed by atoms with Crippen LogP contribution in [0.15, 0.2) is 11.6 Å². The number of fused-ring (bicyclic) bond motifs is 2. The summed E-state index contributed by atoms with van der Waals surface area (Å²) in [6, 6.07) is 0. The van der Waals surface area contributed by atoms with E-state index in [-0.39, 0.29) is 0 Å². The molecular weight excluding hydrogens is 136 g/mol. The Hall–Kier alpha value is -0.590. The molecule has 0 aromatic rings. The third-order valence-corrected chi connectivity index (χ3v) is 2.90. The smallest absolute Gasteiger partial charge is 0.139 e. The van der Waals surface area contributed by atoms with E-state index in [4.69, 9.17) is 0 Å². The van der Waals surface area contributed by atoms with Gasteiger partial charge in [-0.1, -0.05) is 11.6 Å². The summed E-state index contributed by atoms with van der Waals surface area (Å²) in [6.07, 6.45) is 6.53. The van der Waals surface area contributed by atoms with Crippen LogP contribution in [-0.4, -0.2) is 5.78 Å². The van der Waals surface area contributed by atoms with Gasteiger partial charge in [-0.3, -0.25) is 4.79 Å². The first-order chi connectivity index (χ1) is 5.25. The second-order valence-corrected chi connectivity index (χ2v) is 3.93. The van der Waals surface area contributed by atoms with Crippen molar-refractivity contribution in [3.63, 3.8) is 0 Å². The number of hydrogen-bond donors (Lipinski definition) is 0. The highest BCUT2D eigenvalue weighted by molar-refractivity contribution is 5.83. The lowest BCUT2D eigenvalue weighted by atomic mass is 9.73. The number of Topliss-reactive ketones (excluding diaryl/α,β-unsaturated/α-hetero) is 1. The summed E-state index contributed by atoms with van der Waals surface area (Å²) >= 11 is 0. The van der Waals surface area contributed by atoms with Gasteiger partial charge in [-0.25, -0.2) is 0 Å². The second kappa shape index (κ2) is 2.47. The third-order valence-electron chi connectivity index (χ3n) is 2.90. The Kier molecular flexibility index (Phi) is 1.59. The van der Waals surface area contributed by atoms with E-state index in [0.29, 0.717) is 11.7 Å². The minimum absolute atomic E-state index is 0.294. The average Bonchev–Trinajstić information content (AvgIpc) is 1.97. The van der Waals surface area contributed by atoms with Gasteiger partial charge in [-0.15, -0.1) is 0 Å². The number of carbonyl (C=O) groups excluding carboxylic acids is 1. The normalized spacial score (nSPS) is 36.8. The van der Waals surface area contributed by atoms with Gasteiger partial charge in [0.1, 0.15) is 5.78 Å². The first-order valence-corrected chi connectivity index (χ1v) is 4.45. The molecule has 2 aliphatic rings. The number of ketones is 1. The summed E-state index contributed by atoms with van der Waals surface area (Å²) in [5.74, 6) is 1.59. The van der Waals surface area contributed by atoms with Gasteiger partial charge in [-0.2, -0.15) is 0 Å². The molecule has 2 bridgehead atoms. The Morgan fingerprint density at radius 1 is 1.55 bits per heavy atom. The van der Waals surface area contributed by atoms with E-state index in [1.165, 1.54) is 12.0 Å². The Balaban J connectivity index is 2.23. The zero-order chi connectivity index (χ0) is 7.84. The number of hydrogen-bond acceptors (Lipinski definition) is 1. The van der Waals surface area contributed by atoms with E-state index >= 15 is 0 Å². The highest BCUT2D eigenvalue weighted by atomic mass is 16.1. The molecule has 1 nitrogen and oxygen atoms in total. The molecule has 0 aromatic carbocycles. The zero-order valence-corrected chi connectivity index (χ0v) is 6.97. The predicted octanol–water partition coefficient (Wildman–Crippen LogP) is 2.32. The summed E-state index contributed by atoms with van der Waals surface area (Å²) in [6.45, 7) is 2.15. The second-order valence-electron chi connectivity index (χ2n) is 3.93. The summed E-state index contributed by atoms with van der Waals surface area (Å²) in [4.78, 5) is 11.3. The quantitative estimate of drug-likeness (QED) is 0.484. The lowest BCUT2D eigenvalue weighted by Crippen LogP contribution is -2.26. The van der Waals surface area contributed by atoms with Crippen LogP contribution in [0, 0.1) is 11.8 Å². The highest BCUT2D eigenvalue weighted by Crippen LogP contribution is 2.36. The van der Waals surface area contributed by atoms with Gasteiger partial charge >= 0.3 is 0 Å². The average molecular weight is 150 g/mol. The van der Waals surface area contributed by atoms with Crippen molar-refractivity contribution in [2.75, 3.05) is 0 Å². The van der Waals surface area contributed by atoms with Crippen molar-refractivity contribution in [3.8, 4) is 0 Å². The molecule has 0 radical (unpaired) electrons. The van der Waals surface area contributed by atoms with E-state index < -0.39 is 0 Å². The fourth-order valence-corrected chi connectivity index (χ4v) is 2.35. The van der Waals surface area contributed by atoms with Crippen LogP contribution >= 0.6 is 0 Å². The van der Waals surface area contributed by atoms with E-state index in [1.807, 2.05) is 0 Å². The van der Waals surface area contributed by atoms with Crippen LogP contribution < -0.4 is 0 Å². The van der Waals surface area contributed by atoms with Crippen LogP contribution in [0.25, 0.3) is 0 Å². The third kappa shape index (κ3) is 1.24. The summed E-state index contributed by atoms with van der Waals surface area (Å²) in [7, 11) is 0. The van der Waals surface area contributed by atoms with Crippen LogP contribution in [0.2, 0.25) is 0 Å². The fourth-order valence-electron chi connectivity index (χ4n) is 2.35. The molecule has 0 heterocycles. The number of carbonyl (C=O) groups is 1. The number of allylic oxidation sites excluding steroid dienone is 2. The summed E-state index contributed by atoms with van der Waals surface area (Å²) < 4.78 is 0. The molecule has 0 amide bonds. The van der Waals surface area contributed by atoms with Crippen LogP contribution in [0.1, 0.15) is 32.6 Å². The van der Waals surface area contributed by atoms with Gasteiger partial charge in [0, 0.05) is 12.3 Å². The van der Waals surface area contributed by atoms with Gasteiger partial charge < -0.3 is 0 Å². The zero-order valence-electron chi connectivity index (χ0n) is 6.97. The number of rotatable bonds is 0. The van der Waals surface area contributed by atoms with Gasteiger partial charge in [-0.05, 0) is 32.1 Å². The molecule has 1 fully saturated rings. The van der Waals surface area contributed by atoms with Crippen LogP contribution in [0.4, 0.5) is 0 Å². The molecule has 2 atom stereocenters. The topological polar surface area (TPSA) is 17.1 Å². The standard InChI is InChI=1S/C10H14O/c1-7-4-8-2-3-10(11)9(5-7)6-8/h5,8-9H,2-4,6H2,1H3. The first kappa shape index (κ1) is 7.08. The Labute approximate surface area is 67.5 Å². The van der Waals surface area contributed by atoms with Crippen LogP contribution in [-0.2, 0) is 4.79 Å². The molecule has 0 aromatic heterocycles. The summed E-state index contributed by atoms with van der Waals surface area (Å²) in [5, 5.41) is 0. The van der Waals surface area contributed by atoms with Gasteiger partial charge in [0.05, 0.1) is 0 Å². The summed E-state index contributed by atoms with van der Waals surface area (Å²) in [5.41, 5.74) is 1.43. The molecule has 60 valence electrons. The molecule has 2 unspecified atom stereocenters. The monoisotopic (exact) mass is 150 g/mol. The van der Waals surface area contributed by atoms with Crippen molar-refractivity contribution >= 4 is 5.78 Å². The van der Waals surface area contributed by atoms with Gasteiger partial charge in [0.2, 0.25) is 0 Å². The molecule has 11 heavy (non-hydrogen) atoms. The van der Waals surface area contributed by atoms with Crippen molar-refractivity contribution < 1.29 is 4.79 Å². The minimum atomic E-state index is 0.294.